The Hall–Kier alpha value is -0.640. The van der Waals surface area contributed by atoms with Gasteiger partial charge in [0, 0.05) is 11.4 Å². The highest BCUT2D eigenvalue weighted by Gasteiger charge is 2.02. The average Bonchev–Trinajstić information content (AvgIpc) is 2.10. The van der Waals surface area contributed by atoms with Gasteiger partial charge < -0.3 is 0 Å². The molecule has 0 aliphatic heterocycles. The van der Waals surface area contributed by atoms with Crippen molar-refractivity contribution in [3.05, 3.63) is 27.7 Å². The first-order valence-electron chi connectivity index (χ1n) is 4.32. The zero-order valence-electron chi connectivity index (χ0n) is 7.88. The maximum absolute atomic E-state index is 11.4. The Morgan fingerprint density at radius 1 is 1.62 bits per heavy atom. The van der Waals surface area contributed by atoms with E-state index in [2.05, 4.69) is 21.0 Å². The molecule has 1 aromatic heterocycles. The molecule has 0 atom stereocenters. The third-order valence-electron chi connectivity index (χ3n) is 1.92. The molecule has 3 nitrogen and oxygen atoms in total. The molecule has 4 heteroatoms. The number of hydrogen-bond acceptors (Lipinski definition) is 2. The molecule has 0 aromatic carbocycles. The minimum atomic E-state index is -0.0193. The number of rotatable bonds is 3. The van der Waals surface area contributed by atoms with Gasteiger partial charge in [-0.1, -0.05) is 22.9 Å². The van der Waals surface area contributed by atoms with Crippen molar-refractivity contribution in [2.45, 2.75) is 26.8 Å². The smallest absolute Gasteiger partial charge is 0.267 e. The molecule has 0 fully saturated rings. The summed E-state index contributed by atoms with van der Waals surface area (Å²) in [5.74, 6) is 0. The van der Waals surface area contributed by atoms with Crippen molar-refractivity contribution in [1.82, 2.24) is 9.78 Å². The summed E-state index contributed by atoms with van der Waals surface area (Å²) in [6.07, 6.45) is 0.869. The SMILES string of the molecule is CCc1nn(CCBr)c(=O)cc1C. The van der Waals surface area contributed by atoms with Gasteiger partial charge in [0.05, 0.1) is 12.2 Å². The van der Waals surface area contributed by atoms with E-state index in [1.54, 1.807) is 6.07 Å². The van der Waals surface area contributed by atoms with Crippen LogP contribution in [0.15, 0.2) is 10.9 Å². The maximum Gasteiger partial charge on any atom is 0.267 e. The molecule has 72 valence electrons. The van der Waals surface area contributed by atoms with Crippen LogP contribution in [0.25, 0.3) is 0 Å². The molecule has 0 radical (unpaired) electrons. The van der Waals surface area contributed by atoms with E-state index in [4.69, 9.17) is 0 Å². The van der Waals surface area contributed by atoms with Gasteiger partial charge in [0.25, 0.3) is 5.56 Å². The molecule has 1 heterocycles. The van der Waals surface area contributed by atoms with Gasteiger partial charge in [-0.3, -0.25) is 4.79 Å². The monoisotopic (exact) mass is 244 g/mol. The predicted octanol–water partition coefficient (Wildman–Crippen LogP) is 1.51. The van der Waals surface area contributed by atoms with Crippen LogP contribution in [0.4, 0.5) is 0 Å². The second kappa shape index (κ2) is 4.56. The second-order valence-electron chi connectivity index (χ2n) is 2.88. The van der Waals surface area contributed by atoms with Crippen LogP contribution in [0.5, 0.6) is 0 Å². The minimum Gasteiger partial charge on any atom is -0.268 e. The summed E-state index contributed by atoms with van der Waals surface area (Å²) in [4.78, 5) is 11.4. The van der Waals surface area contributed by atoms with E-state index in [0.29, 0.717) is 6.54 Å². The molecule has 0 bridgehead atoms. The van der Waals surface area contributed by atoms with Crippen LogP contribution in [-0.2, 0) is 13.0 Å². The van der Waals surface area contributed by atoms with Crippen molar-refractivity contribution < 1.29 is 0 Å². The van der Waals surface area contributed by atoms with Gasteiger partial charge in [-0.15, -0.1) is 0 Å². The van der Waals surface area contributed by atoms with Gasteiger partial charge >= 0.3 is 0 Å². The van der Waals surface area contributed by atoms with Gasteiger partial charge in [0.1, 0.15) is 0 Å². The minimum absolute atomic E-state index is 0.0193. The summed E-state index contributed by atoms with van der Waals surface area (Å²) in [5.41, 5.74) is 1.97. The lowest BCUT2D eigenvalue weighted by Crippen LogP contribution is -2.24. The fourth-order valence-corrected chi connectivity index (χ4v) is 1.54. The van der Waals surface area contributed by atoms with Crippen LogP contribution < -0.4 is 5.56 Å². The highest BCUT2D eigenvalue weighted by atomic mass is 79.9. The van der Waals surface area contributed by atoms with Gasteiger partial charge in [-0.25, -0.2) is 4.68 Å². The molecule has 13 heavy (non-hydrogen) atoms. The summed E-state index contributed by atoms with van der Waals surface area (Å²) >= 11 is 3.29. The topological polar surface area (TPSA) is 34.9 Å². The van der Waals surface area contributed by atoms with Gasteiger partial charge in [-0.05, 0) is 18.9 Å². The summed E-state index contributed by atoms with van der Waals surface area (Å²) in [6, 6.07) is 1.65. The largest absolute Gasteiger partial charge is 0.268 e. The number of nitrogens with zero attached hydrogens (tertiary/aromatic N) is 2. The Bertz CT molecular complexity index is 346. The quantitative estimate of drug-likeness (QED) is 0.756. The lowest BCUT2D eigenvalue weighted by Gasteiger charge is -2.06. The Kier molecular flexibility index (Phi) is 3.66. The lowest BCUT2D eigenvalue weighted by atomic mass is 10.2. The molecule has 1 rings (SSSR count). The average molecular weight is 245 g/mol. The third-order valence-corrected chi connectivity index (χ3v) is 2.28. The van der Waals surface area contributed by atoms with E-state index in [1.165, 1.54) is 4.68 Å². The van der Waals surface area contributed by atoms with Crippen LogP contribution in [0.3, 0.4) is 0 Å². The molecular formula is C9H13BrN2O. The van der Waals surface area contributed by atoms with Gasteiger partial charge in [-0.2, -0.15) is 5.10 Å². The van der Waals surface area contributed by atoms with Crippen molar-refractivity contribution in [2.24, 2.45) is 0 Å². The predicted molar refractivity (Wildman–Crippen MR) is 56.4 cm³/mol. The number of alkyl halides is 1. The zero-order valence-corrected chi connectivity index (χ0v) is 9.47. The van der Waals surface area contributed by atoms with Crippen molar-refractivity contribution in [1.29, 1.82) is 0 Å². The van der Waals surface area contributed by atoms with Crippen molar-refractivity contribution >= 4 is 15.9 Å². The van der Waals surface area contributed by atoms with E-state index < -0.39 is 0 Å². The van der Waals surface area contributed by atoms with E-state index in [1.807, 2.05) is 13.8 Å². The highest BCUT2D eigenvalue weighted by molar-refractivity contribution is 9.09. The van der Waals surface area contributed by atoms with Gasteiger partial charge in [0.15, 0.2) is 0 Å². The van der Waals surface area contributed by atoms with Crippen LogP contribution in [0, 0.1) is 6.92 Å². The Labute approximate surface area is 85.9 Å². The molecule has 0 saturated heterocycles. The van der Waals surface area contributed by atoms with Crippen molar-refractivity contribution in [2.75, 3.05) is 5.33 Å². The molecule has 0 unspecified atom stereocenters. The number of hydrogen-bond donors (Lipinski definition) is 0. The molecule has 1 aromatic rings. The summed E-state index contributed by atoms with van der Waals surface area (Å²) < 4.78 is 1.50. The zero-order chi connectivity index (χ0) is 9.84. The molecular weight excluding hydrogens is 232 g/mol. The van der Waals surface area contributed by atoms with E-state index in [-0.39, 0.29) is 5.56 Å². The van der Waals surface area contributed by atoms with E-state index in [9.17, 15) is 4.79 Å². The van der Waals surface area contributed by atoms with Crippen molar-refractivity contribution in [3.63, 3.8) is 0 Å². The molecule has 0 saturated carbocycles. The summed E-state index contributed by atoms with van der Waals surface area (Å²) in [5, 5.41) is 5.01. The first-order chi connectivity index (χ1) is 6.19. The number of aromatic nitrogens is 2. The van der Waals surface area contributed by atoms with Crippen molar-refractivity contribution in [3.8, 4) is 0 Å². The normalized spacial score (nSPS) is 10.4. The summed E-state index contributed by atoms with van der Waals surface area (Å²) in [6.45, 7) is 4.59. The lowest BCUT2D eigenvalue weighted by molar-refractivity contribution is 0.603. The number of aryl methyl sites for hydroxylation is 3. The fraction of sp³-hybridized carbons (Fsp3) is 0.556. The standard InChI is InChI=1S/C9H13BrN2O/c1-3-8-7(2)6-9(13)12(11-8)5-4-10/h6H,3-5H2,1-2H3. The van der Waals surface area contributed by atoms with Crippen LogP contribution in [0.1, 0.15) is 18.2 Å². The molecule has 0 aliphatic rings. The summed E-state index contributed by atoms with van der Waals surface area (Å²) in [7, 11) is 0. The van der Waals surface area contributed by atoms with Crippen LogP contribution in [-0.4, -0.2) is 15.1 Å². The Morgan fingerprint density at radius 3 is 2.85 bits per heavy atom. The maximum atomic E-state index is 11.4. The third kappa shape index (κ3) is 2.40. The molecule has 0 amide bonds. The Morgan fingerprint density at radius 2 is 2.31 bits per heavy atom. The Balaban J connectivity index is 3.14. The molecule has 0 spiro atoms. The molecule has 0 N–H and O–H groups in total. The highest BCUT2D eigenvalue weighted by Crippen LogP contribution is 2.00. The first-order valence-corrected chi connectivity index (χ1v) is 5.44. The van der Waals surface area contributed by atoms with Crippen LogP contribution in [0.2, 0.25) is 0 Å². The number of halogens is 1. The van der Waals surface area contributed by atoms with Crippen LogP contribution >= 0.6 is 15.9 Å². The second-order valence-corrected chi connectivity index (χ2v) is 3.67. The van der Waals surface area contributed by atoms with Gasteiger partial charge in [0.2, 0.25) is 0 Å². The first kappa shape index (κ1) is 10.4. The van der Waals surface area contributed by atoms with E-state index in [0.717, 1.165) is 23.0 Å². The van der Waals surface area contributed by atoms with E-state index >= 15 is 0 Å². The fourth-order valence-electron chi connectivity index (χ4n) is 1.21. The molecule has 0 aliphatic carbocycles.